The Labute approximate surface area is 114 Å². The van der Waals surface area contributed by atoms with E-state index in [9.17, 15) is 0 Å². The van der Waals surface area contributed by atoms with Crippen LogP contribution >= 0.6 is 0 Å². The third-order valence-corrected chi connectivity index (χ3v) is 4.42. The molecule has 2 fully saturated rings. The minimum Gasteiger partial charge on any atom is -0.381 e. The standard InChI is InChI=1S/C14H24N4O/c1-11-16-17-14(10-12-2-6-15-7-3-12)18(11)13-4-8-19-9-5-13/h12-13,15H,2-10H2,1H3. The van der Waals surface area contributed by atoms with E-state index in [1.54, 1.807) is 0 Å². The van der Waals surface area contributed by atoms with E-state index in [0.717, 1.165) is 57.3 Å². The van der Waals surface area contributed by atoms with Crippen LogP contribution in [-0.4, -0.2) is 41.1 Å². The topological polar surface area (TPSA) is 52.0 Å². The van der Waals surface area contributed by atoms with E-state index in [1.807, 2.05) is 0 Å². The van der Waals surface area contributed by atoms with Crippen LogP contribution in [0.1, 0.15) is 43.4 Å². The van der Waals surface area contributed by atoms with Crippen molar-refractivity contribution in [2.75, 3.05) is 26.3 Å². The monoisotopic (exact) mass is 264 g/mol. The maximum atomic E-state index is 5.47. The summed E-state index contributed by atoms with van der Waals surface area (Å²) in [5.41, 5.74) is 0. The molecule has 2 aliphatic heterocycles. The van der Waals surface area contributed by atoms with Gasteiger partial charge in [-0.05, 0) is 51.6 Å². The quantitative estimate of drug-likeness (QED) is 0.898. The van der Waals surface area contributed by atoms with Crippen molar-refractivity contribution in [3.05, 3.63) is 11.6 Å². The zero-order valence-corrected chi connectivity index (χ0v) is 11.8. The van der Waals surface area contributed by atoms with Gasteiger partial charge in [0.15, 0.2) is 0 Å². The number of hydrogen-bond donors (Lipinski definition) is 1. The fourth-order valence-electron chi connectivity index (χ4n) is 3.31. The minimum absolute atomic E-state index is 0.542. The van der Waals surface area contributed by atoms with Gasteiger partial charge in [-0.15, -0.1) is 10.2 Å². The van der Waals surface area contributed by atoms with Crippen LogP contribution in [0.2, 0.25) is 0 Å². The number of aromatic nitrogens is 3. The van der Waals surface area contributed by atoms with Gasteiger partial charge in [-0.1, -0.05) is 0 Å². The number of aryl methyl sites for hydroxylation is 1. The zero-order chi connectivity index (χ0) is 13.1. The van der Waals surface area contributed by atoms with Gasteiger partial charge < -0.3 is 14.6 Å². The van der Waals surface area contributed by atoms with Crippen LogP contribution in [0.3, 0.4) is 0 Å². The maximum Gasteiger partial charge on any atom is 0.133 e. The van der Waals surface area contributed by atoms with E-state index in [-0.39, 0.29) is 0 Å². The van der Waals surface area contributed by atoms with Crippen LogP contribution in [0.4, 0.5) is 0 Å². The number of piperidine rings is 1. The SMILES string of the molecule is Cc1nnc(CC2CCNCC2)n1C1CCOCC1. The first-order chi connectivity index (χ1) is 9.34. The fourth-order valence-corrected chi connectivity index (χ4v) is 3.31. The smallest absolute Gasteiger partial charge is 0.133 e. The van der Waals surface area contributed by atoms with Crippen molar-refractivity contribution in [2.24, 2.45) is 5.92 Å². The van der Waals surface area contributed by atoms with Crippen LogP contribution in [0.5, 0.6) is 0 Å². The van der Waals surface area contributed by atoms with E-state index in [4.69, 9.17) is 4.74 Å². The summed E-state index contributed by atoms with van der Waals surface area (Å²) in [4.78, 5) is 0. The molecule has 0 aliphatic carbocycles. The number of hydrogen-bond acceptors (Lipinski definition) is 4. The van der Waals surface area contributed by atoms with Crippen molar-refractivity contribution in [3.8, 4) is 0 Å². The molecule has 19 heavy (non-hydrogen) atoms. The molecule has 0 aromatic carbocycles. The lowest BCUT2D eigenvalue weighted by Gasteiger charge is -2.27. The molecule has 0 atom stereocenters. The molecule has 0 bridgehead atoms. The molecule has 3 heterocycles. The van der Waals surface area contributed by atoms with Crippen molar-refractivity contribution in [1.82, 2.24) is 20.1 Å². The van der Waals surface area contributed by atoms with Gasteiger partial charge in [0.25, 0.3) is 0 Å². The summed E-state index contributed by atoms with van der Waals surface area (Å²) in [6.45, 7) is 6.11. The normalized spacial score (nSPS) is 22.8. The Morgan fingerprint density at radius 3 is 2.63 bits per heavy atom. The average molecular weight is 264 g/mol. The number of ether oxygens (including phenoxy) is 1. The highest BCUT2D eigenvalue weighted by molar-refractivity contribution is 4.99. The Balaban J connectivity index is 1.73. The molecule has 5 heteroatoms. The first-order valence-electron chi connectivity index (χ1n) is 7.53. The number of nitrogens with zero attached hydrogens (tertiary/aromatic N) is 3. The second-order valence-corrected chi connectivity index (χ2v) is 5.77. The van der Waals surface area contributed by atoms with Gasteiger partial charge in [0.2, 0.25) is 0 Å². The minimum atomic E-state index is 0.542. The van der Waals surface area contributed by atoms with Gasteiger partial charge in [0.1, 0.15) is 11.6 Å². The Morgan fingerprint density at radius 2 is 1.89 bits per heavy atom. The van der Waals surface area contributed by atoms with E-state index >= 15 is 0 Å². The van der Waals surface area contributed by atoms with E-state index in [0.29, 0.717) is 6.04 Å². The Morgan fingerprint density at radius 1 is 1.16 bits per heavy atom. The van der Waals surface area contributed by atoms with Gasteiger partial charge in [-0.3, -0.25) is 0 Å². The van der Waals surface area contributed by atoms with Crippen LogP contribution in [-0.2, 0) is 11.2 Å². The van der Waals surface area contributed by atoms with E-state index in [1.165, 1.54) is 18.7 Å². The van der Waals surface area contributed by atoms with Gasteiger partial charge in [0.05, 0.1) is 0 Å². The first-order valence-corrected chi connectivity index (χ1v) is 7.53. The molecule has 0 radical (unpaired) electrons. The largest absolute Gasteiger partial charge is 0.381 e. The predicted octanol–water partition coefficient (Wildman–Crippen LogP) is 1.48. The Hall–Kier alpha value is -0.940. The summed E-state index contributed by atoms with van der Waals surface area (Å²) in [6.07, 6.45) is 5.80. The second-order valence-electron chi connectivity index (χ2n) is 5.77. The molecular formula is C14H24N4O. The van der Waals surface area contributed by atoms with Crippen molar-refractivity contribution in [3.63, 3.8) is 0 Å². The summed E-state index contributed by atoms with van der Waals surface area (Å²) in [6, 6.07) is 0.542. The maximum absolute atomic E-state index is 5.47. The lowest BCUT2D eigenvalue weighted by molar-refractivity contribution is 0.0680. The molecule has 106 valence electrons. The van der Waals surface area contributed by atoms with Gasteiger partial charge in [0, 0.05) is 25.7 Å². The van der Waals surface area contributed by atoms with Crippen molar-refractivity contribution < 1.29 is 4.74 Å². The summed E-state index contributed by atoms with van der Waals surface area (Å²) in [5.74, 6) is 3.02. The molecule has 0 amide bonds. The highest BCUT2D eigenvalue weighted by atomic mass is 16.5. The molecule has 1 aromatic rings. The highest BCUT2D eigenvalue weighted by Crippen LogP contribution is 2.26. The molecule has 2 aliphatic rings. The fraction of sp³-hybridized carbons (Fsp3) is 0.857. The lowest BCUT2D eigenvalue weighted by Crippen LogP contribution is -2.30. The molecule has 0 unspecified atom stereocenters. The number of rotatable bonds is 3. The Bertz CT molecular complexity index is 406. The molecule has 0 spiro atoms. The molecular weight excluding hydrogens is 240 g/mol. The van der Waals surface area contributed by atoms with Gasteiger partial charge >= 0.3 is 0 Å². The first kappa shape index (κ1) is 13.1. The van der Waals surface area contributed by atoms with Crippen LogP contribution in [0, 0.1) is 12.8 Å². The van der Waals surface area contributed by atoms with Crippen molar-refractivity contribution in [2.45, 2.75) is 45.1 Å². The molecule has 1 aromatic heterocycles. The summed E-state index contributed by atoms with van der Waals surface area (Å²) in [7, 11) is 0. The predicted molar refractivity (Wildman–Crippen MR) is 73.1 cm³/mol. The van der Waals surface area contributed by atoms with Crippen LogP contribution in [0.25, 0.3) is 0 Å². The van der Waals surface area contributed by atoms with E-state index < -0.39 is 0 Å². The van der Waals surface area contributed by atoms with Crippen molar-refractivity contribution >= 4 is 0 Å². The van der Waals surface area contributed by atoms with Crippen LogP contribution in [0.15, 0.2) is 0 Å². The van der Waals surface area contributed by atoms with Gasteiger partial charge in [-0.25, -0.2) is 0 Å². The third kappa shape index (κ3) is 2.98. The lowest BCUT2D eigenvalue weighted by atomic mass is 9.94. The number of nitrogens with one attached hydrogen (secondary N) is 1. The third-order valence-electron chi connectivity index (χ3n) is 4.42. The molecule has 0 saturated carbocycles. The molecule has 3 rings (SSSR count). The zero-order valence-electron chi connectivity index (χ0n) is 11.8. The van der Waals surface area contributed by atoms with E-state index in [2.05, 4.69) is 27.0 Å². The molecule has 5 nitrogen and oxygen atoms in total. The summed E-state index contributed by atoms with van der Waals surface area (Å²) >= 11 is 0. The van der Waals surface area contributed by atoms with Crippen LogP contribution < -0.4 is 5.32 Å². The molecule has 1 N–H and O–H groups in total. The second kappa shape index (κ2) is 6.01. The Kier molecular flexibility index (Phi) is 4.13. The summed E-state index contributed by atoms with van der Waals surface area (Å²) in [5, 5.41) is 12.2. The summed E-state index contributed by atoms with van der Waals surface area (Å²) < 4.78 is 7.84. The highest BCUT2D eigenvalue weighted by Gasteiger charge is 2.23. The van der Waals surface area contributed by atoms with Crippen molar-refractivity contribution in [1.29, 1.82) is 0 Å². The molecule has 2 saturated heterocycles. The van der Waals surface area contributed by atoms with Gasteiger partial charge in [-0.2, -0.15) is 0 Å². The average Bonchev–Trinajstić information content (AvgIpc) is 2.82.